The van der Waals surface area contributed by atoms with E-state index in [1.165, 1.54) is 0 Å². The SMILES string of the molecule is CCC(C)S(=O)CCc1ccccc1N. The van der Waals surface area contributed by atoms with Gasteiger partial charge in [0.1, 0.15) is 0 Å². The average molecular weight is 225 g/mol. The predicted octanol–water partition coefficient (Wildman–Crippen LogP) is 2.36. The smallest absolute Gasteiger partial charge is 0.0346 e. The molecule has 0 saturated carbocycles. The highest BCUT2D eigenvalue weighted by Gasteiger charge is 2.09. The molecule has 1 rings (SSSR count). The van der Waals surface area contributed by atoms with Gasteiger partial charge in [-0.25, -0.2) is 0 Å². The van der Waals surface area contributed by atoms with Crippen LogP contribution in [0, 0.1) is 0 Å². The fourth-order valence-corrected chi connectivity index (χ4v) is 2.55. The van der Waals surface area contributed by atoms with Crippen LogP contribution in [0.4, 0.5) is 5.69 Å². The second-order valence-electron chi connectivity index (χ2n) is 3.75. The van der Waals surface area contributed by atoms with Crippen LogP contribution in [0.5, 0.6) is 0 Å². The molecule has 0 bridgehead atoms. The van der Waals surface area contributed by atoms with E-state index >= 15 is 0 Å². The van der Waals surface area contributed by atoms with Crippen molar-refractivity contribution in [3.05, 3.63) is 29.8 Å². The van der Waals surface area contributed by atoms with Crippen LogP contribution in [0.1, 0.15) is 25.8 Å². The van der Waals surface area contributed by atoms with E-state index in [1.807, 2.05) is 31.2 Å². The Kier molecular flexibility index (Phi) is 4.82. The molecule has 1 aromatic carbocycles. The highest BCUT2D eigenvalue weighted by Crippen LogP contribution is 2.12. The van der Waals surface area contributed by atoms with Crippen LogP contribution in [0.3, 0.4) is 0 Å². The number of nitrogens with two attached hydrogens (primary N) is 1. The van der Waals surface area contributed by atoms with Crippen LogP contribution in [-0.2, 0) is 17.2 Å². The molecule has 0 spiro atoms. The maximum atomic E-state index is 11.7. The lowest BCUT2D eigenvalue weighted by Gasteiger charge is -2.09. The number of benzene rings is 1. The molecular weight excluding hydrogens is 206 g/mol. The molecule has 1 aromatic rings. The van der Waals surface area contributed by atoms with Gasteiger partial charge in [-0.05, 0) is 24.5 Å². The Hall–Kier alpha value is -0.830. The highest BCUT2D eigenvalue weighted by atomic mass is 32.2. The summed E-state index contributed by atoms with van der Waals surface area (Å²) in [5, 5.41) is 0.287. The summed E-state index contributed by atoms with van der Waals surface area (Å²) in [4.78, 5) is 0. The van der Waals surface area contributed by atoms with Crippen molar-refractivity contribution in [1.29, 1.82) is 0 Å². The second kappa shape index (κ2) is 5.91. The van der Waals surface area contributed by atoms with Crippen LogP contribution in [0.25, 0.3) is 0 Å². The molecular formula is C12H19NOS. The number of para-hydroxylation sites is 1. The molecule has 2 atom stereocenters. The van der Waals surface area contributed by atoms with Gasteiger partial charge in [0.15, 0.2) is 0 Å². The standard InChI is InChI=1S/C12H19NOS/c1-3-10(2)15(14)9-8-11-6-4-5-7-12(11)13/h4-7,10H,3,8-9,13H2,1-2H3. The normalized spacial score (nSPS) is 14.8. The third-order valence-corrected chi connectivity index (χ3v) is 4.49. The van der Waals surface area contributed by atoms with E-state index in [2.05, 4.69) is 6.92 Å². The van der Waals surface area contributed by atoms with Crippen LogP contribution in [0.2, 0.25) is 0 Å². The Morgan fingerprint density at radius 1 is 1.40 bits per heavy atom. The quantitative estimate of drug-likeness (QED) is 0.782. The van der Waals surface area contributed by atoms with Gasteiger partial charge >= 0.3 is 0 Å². The maximum Gasteiger partial charge on any atom is 0.0346 e. The first-order valence-corrected chi connectivity index (χ1v) is 6.74. The second-order valence-corrected chi connectivity index (χ2v) is 5.73. The first-order valence-electron chi connectivity index (χ1n) is 5.35. The molecule has 0 aliphatic heterocycles. The molecule has 0 aromatic heterocycles. The van der Waals surface area contributed by atoms with Crippen molar-refractivity contribution in [2.24, 2.45) is 0 Å². The third kappa shape index (κ3) is 3.67. The predicted molar refractivity (Wildman–Crippen MR) is 67.3 cm³/mol. The largest absolute Gasteiger partial charge is 0.399 e. The molecule has 0 radical (unpaired) electrons. The first-order chi connectivity index (χ1) is 7.15. The minimum atomic E-state index is -0.729. The fraction of sp³-hybridized carbons (Fsp3) is 0.500. The summed E-state index contributed by atoms with van der Waals surface area (Å²) >= 11 is 0. The molecule has 2 nitrogen and oxygen atoms in total. The molecule has 0 heterocycles. The Labute approximate surface area is 94.3 Å². The summed E-state index contributed by atoms with van der Waals surface area (Å²) < 4.78 is 11.7. The van der Waals surface area contributed by atoms with Crippen molar-refractivity contribution in [1.82, 2.24) is 0 Å². The van der Waals surface area contributed by atoms with Gasteiger partial charge in [0, 0.05) is 27.5 Å². The molecule has 2 unspecified atom stereocenters. The van der Waals surface area contributed by atoms with Gasteiger partial charge < -0.3 is 5.73 Å². The van der Waals surface area contributed by atoms with E-state index in [9.17, 15) is 4.21 Å². The van der Waals surface area contributed by atoms with Gasteiger partial charge in [0.25, 0.3) is 0 Å². The van der Waals surface area contributed by atoms with E-state index in [4.69, 9.17) is 5.73 Å². The summed E-state index contributed by atoms with van der Waals surface area (Å²) in [6.45, 7) is 4.10. The summed E-state index contributed by atoms with van der Waals surface area (Å²) in [6, 6.07) is 7.78. The molecule has 0 amide bonds. The van der Waals surface area contributed by atoms with Gasteiger partial charge in [-0.1, -0.05) is 32.0 Å². The summed E-state index contributed by atoms with van der Waals surface area (Å²) in [6.07, 6.45) is 1.78. The van der Waals surface area contributed by atoms with Crippen molar-refractivity contribution < 1.29 is 4.21 Å². The Bertz CT molecular complexity index is 338. The Morgan fingerprint density at radius 3 is 2.67 bits per heavy atom. The Balaban J connectivity index is 2.51. The lowest BCUT2D eigenvalue weighted by atomic mass is 10.1. The molecule has 0 fully saturated rings. The van der Waals surface area contributed by atoms with Crippen molar-refractivity contribution >= 4 is 16.5 Å². The van der Waals surface area contributed by atoms with Crippen molar-refractivity contribution in [2.45, 2.75) is 31.9 Å². The molecule has 0 aliphatic rings. The van der Waals surface area contributed by atoms with Crippen LogP contribution >= 0.6 is 0 Å². The first kappa shape index (κ1) is 12.2. The van der Waals surface area contributed by atoms with Crippen LogP contribution in [0.15, 0.2) is 24.3 Å². The Morgan fingerprint density at radius 2 is 2.07 bits per heavy atom. The number of anilines is 1. The highest BCUT2D eigenvalue weighted by molar-refractivity contribution is 7.85. The van der Waals surface area contributed by atoms with E-state index in [0.717, 1.165) is 24.1 Å². The lowest BCUT2D eigenvalue weighted by Crippen LogP contribution is -2.14. The molecule has 3 heteroatoms. The molecule has 15 heavy (non-hydrogen) atoms. The van der Waals surface area contributed by atoms with E-state index in [-0.39, 0.29) is 5.25 Å². The molecule has 0 aliphatic carbocycles. The van der Waals surface area contributed by atoms with Gasteiger partial charge in [-0.2, -0.15) is 0 Å². The minimum absolute atomic E-state index is 0.287. The summed E-state index contributed by atoms with van der Waals surface area (Å²) in [5.74, 6) is 0.712. The van der Waals surface area contributed by atoms with Crippen molar-refractivity contribution in [3.63, 3.8) is 0 Å². The summed E-state index contributed by atoms with van der Waals surface area (Å²) in [5.41, 5.74) is 7.73. The maximum absolute atomic E-state index is 11.7. The zero-order chi connectivity index (χ0) is 11.3. The van der Waals surface area contributed by atoms with Gasteiger partial charge in [0.2, 0.25) is 0 Å². The summed E-state index contributed by atoms with van der Waals surface area (Å²) in [7, 11) is -0.729. The fourth-order valence-electron chi connectivity index (χ4n) is 1.36. The minimum Gasteiger partial charge on any atom is -0.399 e. The van der Waals surface area contributed by atoms with Gasteiger partial charge in [0.05, 0.1) is 0 Å². The third-order valence-electron chi connectivity index (χ3n) is 2.65. The van der Waals surface area contributed by atoms with Crippen LogP contribution in [-0.4, -0.2) is 15.2 Å². The van der Waals surface area contributed by atoms with Crippen LogP contribution < -0.4 is 5.73 Å². The molecule has 0 saturated heterocycles. The topological polar surface area (TPSA) is 43.1 Å². The number of aryl methyl sites for hydroxylation is 1. The molecule has 2 N–H and O–H groups in total. The monoisotopic (exact) mass is 225 g/mol. The number of hydrogen-bond donors (Lipinski definition) is 1. The van der Waals surface area contributed by atoms with E-state index in [0.29, 0.717) is 5.75 Å². The molecule has 84 valence electrons. The van der Waals surface area contributed by atoms with Gasteiger partial charge in [-0.3, -0.25) is 4.21 Å². The van der Waals surface area contributed by atoms with E-state index < -0.39 is 10.8 Å². The number of hydrogen-bond acceptors (Lipinski definition) is 2. The van der Waals surface area contributed by atoms with Gasteiger partial charge in [-0.15, -0.1) is 0 Å². The zero-order valence-corrected chi connectivity index (χ0v) is 10.2. The van der Waals surface area contributed by atoms with E-state index in [1.54, 1.807) is 0 Å². The average Bonchev–Trinajstić information content (AvgIpc) is 2.26. The number of nitrogen functional groups attached to an aromatic ring is 1. The van der Waals surface area contributed by atoms with Crippen molar-refractivity contribution in [3.8, 4) is 0 Å². The lowest BCUT2D eigenvalue weighted by molar-refractivity contribution is 0.669. The number of rotatable bonds is 5. The van der Waals surface area contributed by atoms with Crippen molar-refractivity contribution in [2.75, 3.05) is 11.5 Å². The zero-order valence-electron chi connectivity index (χ0n) is 9.40.